The van der Waals surface area contributed by atoms with Gasteiger partial charge in [-0.05, 0) is 0 Å². The number of halogens is 5. The van der Waals surface area contributed by atoms with E-state index >= 15 is 0 Å². The minimum absolute atomic E-state index is 0. The fourth-order valence-corrected chi connectivity index (χ4v) is 0. The highest BCUT2D eigenvalue weighted by Crippen LogP contribution is 2.25. The summed E-state index contributed by atoms with van der Waals surface area (Å²) in [6.07, 6.45) is 0. The molecule has 10 heavy (non-hydrogen) atoms. The van der Waals surface area contributed by atoms with Crippen molar-refractivity contribution in [2.45, 2.75) is 0 Å². The van der Waals surface area contributed by atoms with Crippen LogP contribution < -0.4 is 0 Å². The molecule has 0 bridgehead atoms. The van der Waals surface area contributed by atoms with Crippen molar-refractivity contribution in [1.29, 1.82) is 0 Å². The van der Waals surface area contributed by atoms with Gasteiger partial charge in [0.05, 0.1) is 0 Å². The molecule has 0 rings (SSSR count). The molecule has 0 radical (unpaired) electrons. The van der Waals surface area contributed by atoms with Crippen LogP contribution in [0.1, 0.15) is 0 Å². The summed E-state index contributed by atoms with van der Waals surface area (Å²) in [5.74, 6) is 0. The molecule has 72 valence electrons. The van der Waals surface area contributed by atoms with Crippen molar-refractivity contribution in [3.05, 3.63) is 0 Å². The predicted molar refractivity (Wildman–Crippen MR) is 26.8 cm³/mol. The van der Waals surface area contributed by atoms with E-state index in [1.165, 1.54) is 0 Å². The van der Waals surface area contributed by atoms with Gasteiger partial charge in [-0.3, -0.25) is 23.5 Å². The zero-order valence-electron chi connectivity index (χ0n) is 4.24. The average molecular weight is 198 g/mol. The third kappa shape index (κ3) is 6160. The normalized spacial score (nSPS) is 5.90. The van der Waals surface area contributed by atoms with E-state index in [0.29, 0.717) is 0 Å². The van der Waals surface area contributed by atoms with Gasteiger partial charge in [0.25, 0.3) is 0 Å². The van der Waals surface area contributed by atoms with E-state index in [1.54, 1.807) is 0 Å². The Hall–Kier alpha value is -0.240. The van der Waals surface area contributed by atoms with Gasteiger partial charge in [-0.1, -0.05) is 0 Å². The Kier molecular flexibility index (Phi) is 84.2. The topological polar surface area (TPSA) is 77.8 Å². The Morgan fingerprint density at radius 1 is 0.700 bits per heavy atom. The number of phosphoric acid groups is 1. The molecule has 0 heterocycles. The molecule has 0 aromatic rings. The molecule has 0 saturated heterocycles. The first-order valence-electron chi connectivity index (χ1n) is 0.783. The van der Waals surface area contributed by atoms with Gasteiger partial charge >= 0.3 is 7.82 Å². The van der Waals surface area contributed by atoms with Gasteiger partial charge in [-0.2, -0.15) is 0 Å². The van der Waals surface area contributed by atoms with Gasteiger partial charge in [0.1, 0.15) is 0 Å². The number of rotatable bonds is 0. The van der Waals surface area contributed by atoms with Crippen molar-refractivity contribution in [3.63, 3.8) is 0 Å². The van der Waals surface area contributed by atoms with Crippen LogP contribution in [0.5, 0.6) is 0 Å². The first kappa shape index (κ1) is 53.0. The molecule has 0 aliphatic heterocycles. The maximum absolute atomic E-state index is 8.88. The molecule has 10 heteroatoms. The van der Waals surface area contributed by atoms with Gasteiger partial charge < -0.3 is 14.7 Å². The van der Waals surface area contributed by atoms with E-state index in [4.69, 9.17) is 19.2 Å². The number of hydrogen-bond acceptors (Lipinski definition) is 1. The molecule has 0 aliphatic rings. The molecule has 0 amide bonds. The van der Waals surface area contributed by atoms with Crippen LogP contribution in [0.15, 0.2) is 0 Å². The van der Waals surface area contributed by atoms with Crippen LogP contribution in [0.3, 0.4) is 0 Å². The lowest BCUT2D eigenvalue weighted by atomic mass is 15.8. The molecular weight excluding hydrogens is 190 g/mol. The maximum atomic E-state index is 8.88. The van der Waals surface area contributed by atoms with E-state index in [9.17, 15) is 0 Å². The second kappa shape index (κ2) is 15.9. The summed E-state index contributed by atoms with van der Waals surface area (Å²) in [5.41, 5.74) is 0. The monoisotopic (exact) mass is 198 g/mol. The molecule has 0 saturated carbocycles. The molecule has 0 unspecified atom stereocenters. The van der Waals surface area contributed by atoms with Gasteiger partial charge in [0.2, 0.25) is 0 Å². The van der Waals surface area contributed by atoms with E-state index < -0.39 is 7.82 Å². The zero-order chi connectivity index (χ0) is 4.50. The van der Waals surface area contributed by atoms with Gasteiger partial charge in [-0.15, -0.1) is 0 Å². The predicted octanol–water partition coefficient (Wildman–Crippen LogP) is -0.166. The Morgan fingerprint density at radius 3 is 0.700 bits per heavy atom. The van der Waals surface area contributed by atoms with E-state index in [2.05, 4.69) is 0 Å². The quantitative estimate of drug-likeness (QED) is 0.373. The first-order chi connectivity index (χ1) is 2.00. The summed E-state index contributed by atoms with van der Waals surface area (Å²) in [4.78, 5) is 21.6. The Morgan fingerprint density at radius 2 is 0.700 bits per heavy atom. The molecule has 0 aromatic carbocycles. The molecular formula is H8F5O4P. The van der Waals surface area contributed by atoms with Gasteiger partial charge in [-0.25, -0.2) is 4.57 Å². The molecule has 0 aliphatic carbocycles. The van der Waals surface area contributed by atoms with Crippen molar-refractivity contribution < 1.29 is 42.8 Å². The third-order valence-electron chi connectivity index (χ3n) is 0. The second-order valence-corrected chi connectivity index (χ2v) is 1.54. The largest absolute Gasteiger partial charge is 0.466 e. The van der Waals surface area contributed by atoms with E-state index in [-0.39, 0.29) is 23.5 Å². The molecule has 0 fully saturated rings. The van der Waals surface area contributed by atoms with Crippen molar-refractivity contribution >= 4 is 7.82 Å². The van der Waals surface area contributed by atoms with Gasteiger partial charge in [0.15, 0.2) is 0 Å². The van der Waals surface area contributed by atoms with Crippen molar-refractivity contribution in [3.8, 4) is 0 Å². The van der Waals surface area contributed by atoms with Crippen molar-refractivity contribution in [2.75, 3.05) is 0 Å². The first-order valence-corrected chi connectivity index (χ1v) is 2.35. The zero-order valence-corrected chi connectivity index (χ0v) is 5.13. The molecule has 0 atom stereocenters. The average Bonchev–Trinajstić information content (AvgIpc) is 0.722. The van der Waals surface area contributed by atoms with Crippen LogP contribution in [0.2, 0.25) is 0 Å². The smallest absolute Gasteiger partial charge is 0.303 e. The summed E-state index contributed by atoms with van der Waals surface area (Å²) in [5, 5.41) is 0. The summed E-state index contributed by atoms with van der Waals surface area (Å²) >= 11 is 0. The molecule has 0 spiro atoms. The van der Waals surface area contributed by atoms with E-state index in [0.717, 1.165) is 0 Å². The van der Waals surface area contributed by atoms with Crippen LogP contribution in [-0.4, -0.2) is 14.7 Å². The lowest BCUT2D eigenvalue weighted by Crippen LogP contribution is -1.66. The minimum atomic E-state index is -4.64. The number of hydrogen-bond donors (Lipinski definition) is 3. The second-order valence-electron chi connectivity index (χ2n) is 0.513. The lowest BCUT2D eigenvalue weighted by molar-refractivity contribution is 0.275. The minimum Gasteiger partial charge on any atom is -0.303 e. The standard InChI is InChI=1S/5FH.H3O4P/c;;;;;1-5(2,3)4/h5*1H;(H3,1,2,3,4). The van der Waals surface area contributed by atoms with Crippen molar-refractivity contribution in [1.82, 2.24) is 0 Å². The van der Waals surface area contributed by atoms with Crippen LogP contribution in [0.25, 0.3) is 0 Å². The fraction of sp³-hybridized carbons (Fsp3) is 0. The molecule has 4 nitrogen and oxygen atoms in total. The third-order valence-corrected chi connectivity index (χ3v) is 0. The summed E-state index contributed by atoms with van der Waals surface area (Å²) in [6.45, 7) is 0. The molecule has 0 aromatic heterocycles. The summed E-state index contributed by atoms with van der Waals surface area (Å²) in [6, 6.07) is 0. The van der Waals surface area contributed by atoms with Crippen LogP contribution in [0, 0.1) is 0 Å². The van der Waals surface area contributed by atoms with Crippen LogP contribution >= 0.6 is 7.82 Å². The Balaban J connectivity index is -0.00000000800. The highest BCUT2D eigenvalue weighted by atomic mass is 31.2. The lowest BCUT2D eigenvalue weighted by Gasteiger charge is -1.82. The SMILES string of the molecule is F.F.F.F.F.O=P(O)(O)O. The van der Waals surface area contributed by atoms with Gasteiger partial charge in [0, 0.05) is 0 Å². The maximum Gasteiger partial charge on any atom is 0.466 e. The highest BCUT2D eigenvalue weighted by molar-refractivity contribution is 7.45. The molecule has 3 N–H and O–H groups in total. The Labute approximate surface area is 51.9 Å². The highest BCUT2D eigenvalue weighted by Gasteiger charge is 2.00. The fourth-order valence-electron chi connectivity index (χ4n) is 0. The Bertz CT molecular complexity index is 59.8. The van der Waals surface area contributed by atoms with Crippen LogP contribution in [-0.2, 0) is 4.57 Å². The summed E-state index contributed by atoms with van der Waals surface area (Å²) < 4.78 is 8.88. The van der Waals surface area contributed by atoms with E-state index in [1.807, 2.05) is 0 Å². The van der Waals surface area contributed by atoms with Crippen LogP contribution in [0.4, 0.5) is 23.5 Å². The summed E-state index contributed by atoms with van der Waals surface area (Å²) in [7, 11) is -4.64. The van der Waals surface area contributed by atoms with Crippen molar-refractivity contribution in [2.24, 2.45) is 0 Å².